The third-order valence-electron chi connectivity index (χ3n) is 6.77. The predicted octanol–water partition coefficient (Wildman–Crippen LogP) is 4.68. The SMILES string of the molecule is O=C(Nc1ccc(CC(=O)N2CCC(c3nnc4ccccn34)CC2)cc1)c1cc2ccccc2o1. The summed E-state index contributed by atoms with van der Waals surface area (Å²) in [7, 11) is 0. The van der Waals surface area contributed by atoms with E-state index in [4.69, 9.17) is 4.42 Å². The van der Waals surface area contributed by atoms with Crippen LogP contribution in [0.25, 0.3) is 16.6 Å². The first-order valence-corrected chi connectivity index (χ1v) is 12.1. The molecule has 1 fully saturated rings. The van der Waals surface area contributed by atoms with E-state index in [1.54, 1.807) is 6.07 Å². The number of hydrogen-bond donors (Lipinski definition) is 1. The molecule has 0 saturated carbocycles. The highest BCUT2D eigenvalue weighted by Gasteiger charge is 2.26. The summed E-state index contributed by atoms with van der Waals surface area (Å²) in [4.78, 5) is 27.4. The summed E-state index contributed by atoms with van der Waals surface area (Å²) in [5.74, 6) is 1.33. The number of hydrogen-bond acceptors (Lipinski definition) is 5. The van der Waals surface area contributed by atoms with Crippen LogP contribution in [0.3, 0.4) is 0 Å². The van der Waals surface area contributed by atoms with E-state index in [9.17, 15) is 9.59 Å². The Kier molecular flexibility index (Phi) is 5.69. The van der Waals surface area contributed by atoms with E-state index < -0.39 is 0 Å². The molecule has 1 aliphatic heterocycles. The summed E-state index contributed by atoms with van der Waals surface area (Å²) in [6, 6.07) is 22.5. The first kappa shape index (κ1) is 22.0. The molecule has 5 aromatic rings. The van der Waals surface area contributed by atoms with Gasteiger partial charge in [-0.15, -0.1) is 10.2 Å². The maximum atomic E-state index is 12.9. The van der Waals surface area contributed by atoms with Crippen molar-refractivity contribution in [3.63, 3.8) is 0 Å². The Morgan fingerprint density at radius 1 is 0.944 bits per heavy atom. The number of carbonyl (C=O) groups is 2. The van der Waals surface area contributed by atoms with Crippen molar-refractivity contribution in [1.29, 1.82) is 0 Å². The van der Waals surface area contributed by atoms with E-state index in [1.807, 2.05) is 82.2 Å². The first-order chi connectivity index (χ1) is 17.6. The number of carbonyl (C=O) groups excluding carboxylic acids is 2. The van der Waals surface area contributed by atoms with E-state index in [1.165, 1.54) is 0 Å². The maximum Gasteiger partial charge on any atom is 0.291 e. The number of amides is 2. The molecule has 0 unspecified atom stereocenters. The normalized spacial score (nSPS) is 14.4. The number of pyridine rings is 1. The second kappa shape index (κ2) is 9.30. The van der Waals surface area contributed by atoms with Crippen LogP contribution >= 0.6 is 0 Å². The van der Waals surface area contributed by atoms with Gasteiger partial charge in [-0.05, 0) is 54.8 Å². The predicted molar refractivity (Wildman–Crippen MR) is 136 cm³/mol. The van der Waals surface area contributed by atoms with Crippen LogP contribution in [0.5, 0.6) is 0 Å². The lowest BCUT2D eigenvalue weighted by molar-refractivity contribution is -0.131. The lowest BCUT2D eigenvalue weighted by atomic mass is 9.95. The number of benzene rings is 2. The zero-order chi connectivity index (χ0) is 24.5. The van der Waals surface area contributed by atoms with Gasteiger partial charge in [-0.25, -0.2) is 0 Å². The third-order valence-corrected chi connectivity index (χ3v) is 6.77. The van der Waals surface area contributed by atoms with Gasteiger partial charge in [0.15, 0.2) is 11.4 Å². The summed E-state index contributed by atoms with van der Waals surface area (Å²) in [6.45, 7) is 1.41. The van der Waals surface area contributed by atoms with Crippen molar-refractivity contribution >= 4 is 34.1 Å². The lowest BCUT2D eigenvalue weighted by Gasteiger charge is -2.31. The second-order valence-corrected chi connectivity index (χ2v) is 9.12. The summed E-state index contributed by atoms with van der Waals surface area (Å²) in [5.41, 5.74) is 3.09. The fraction of sp³-hybridized carbons (Fsp3) is 0.214. The Morgan fingerprint density at radius 3 is 2.53 bits per heavy atom. The summed E-state index contributed by atoms with van der Waals surface area (Å²) >= 11 is 0. The van der Waals surface area contributed by atoms with Gasteiger partial charge in [0.2, 0.25) is 5.91 Å². The number of nitrogens with one attached hydrogen (secondary N) is 1. The summed E-state index contributed by atoms with van der Waals surface area (Å²) in [6.07, 6.45) is 4.06. The molecule has 2 amide bonds. The standard InChI is InChI=1S/C28H25N5O3/c34-26(32-15-12-20(13-16-32)27-31-30-25-7-3-4-14-33(25)27)17-19-8-10-22(11-9-19)29-28(35)24-18-21-5-1-2-6-23(21)36-24/h1-11,14,18,20H,12-13,15-17H2,(H,29,35). The first-order valence-electron chi connectivity index (χ1n) is 12.1. The Bertz CT molecular complexity index is 1510. The van der Waals surface area contributed by atoms with Crippen LogP contribution in [0.15, 0.2) is 83.4 Å². The van der Waals surface area contributed by atoms with Gasteiger partial charge in [0.25, 0.3) is 5.91 Å². The van der Waals surface area contributed by atoms with Gasteiger partial charge >= 0.3 is 0 Å². The number of anilines is 1. The number of para-hydroxylation sites is 1. The Hall–Kier alpha value is -4.46. The van der Waals surface area contributed by atoms with Crippen LogP contribution < -0.4 is 5.32 Å². The number of piperidine rings is 1. The number of aromatic nitrogens is 3. The molecule has 180 valence electrons. The van der Waals surface area contributed by atoms with Crippen molar-refractivity contribution < 1.29 is 14.0 Å². The molecule has 0 atom stereocenters. The zero-order valence-corrected chi connectivity index (χ0v) is 19.6. The molecule has 6 rings (SSSR count). The molecule has 0 aliphatic carbocycles. The van der Waals surface area contributed by atoms with Crippen LogP contribution in [0, 0.1) is 0 Å². The Balaban J connectivity index is 1.03. The second-order valence-electron chi connectivity index (χ2n) is 9.12. The quantitative estimate of drug-likeness (QED) is 0.395. The minimum absolute atomic E-state index is 0.110. The number of furan rings is 1. The van der Waals surface area contributed by atoms with Crippen LogP contribution in [-0.4, -0.2) is 44.4 Å². The number of rotatable bonds is 5. The fourth-order valence-electron chi connectivity index (χ4n) is 4.80. The third kappa shape index (κ3) is 4.33. The highest BCUT2D eigenvalue weighted by molar-refractivity contribution is 6.04. The van der Waals surface area contributed by atoms with Crippen molar-refractivity contribution in [1.82, 2.24) is 19.5 Å². The number of nitrogens with zero attached hydrogens (tertiary/aromatic N) is 4. The molecule has 1 saturated heterocycles. The van der Waals surface area contributed by atoms with E-state index in [-0.39, 0.29) is 17.6 Å². The monoisotopic (exact) mass is 479 g/mol. The van der Waals surface area contributed by atoms with Crippen LogP contribution in [0.4, 0.5) is 5.69 Å². The zero-order valence-electron chi connectivity index (χ0n) is 19.6. The molecular formula is C28H25N5O3. The minimum atomic E-state index is -0.307. The van der Waals surface area contributed by atoms with Crippen molar-refractivity contribution in [3.05, 3.63) is 96.1 Å². The maximum absolute atomic E-state index is 12.9. The average molecular weight is 480 g/mol. The molecule has 1 aliphatic rings. The van der Waals surface area contributed by atoms with Gasteiger partial charge in [0, 0.05) is 36.3 Å². The van der Waals surface area contributed by atoms with Crippen molar-refractivity contribution in [2.24, 2.45) is 0 Å². The fourth-order valence-corrected chi connectivity index (χ4v) is 4.80. The van der Waals surface area contributed by atoms with E-state index in [0.717, 1.165) is 35.3 Å². The van der Waals surface area contributed by atoms with Gasteiger partial charge in [-0.3, -0.25) is 14.0 Å². The van der Waals surface area contributed by atoms with Crippen LogP contribution in [0.2, 0.25) is 0 Å². The van der Waals surface area contributed by atoms with E-state index in [2.05, 4.69) is 15.5 Å². The molecule has 4 heterocycles. The number of fused-ring (bicyclic) bond motifs is 2. The molecule has 36 heavy (non-hydrogen) atoms. The van der Waals surface area contributed by atoms with Gasteiger partial charge in [0.05, 0.1) is 6.42 Å². The van der Waals surface area contributed by atoms with Crippen molar-refractivity contribution in [2.45, 2.75) is 25.2 Å². The molecular weight excluding hydrogens is 454 g/mol. The van der Waals surface area contributed by atoms with Gasteiger partial charge in [-0.1, -0.05) is 36.4 Å². The molecule has 1 N–H and O–H groups in total. The molecule has 0 spiro atoms. The van der Waals surface area contributed by atoms with Crippen molar-refractivity contribution in [3.8, 4) is 0 Å². The van der Waals surface area contributed by atoms with Gasteiger partial charge in [-0.2, -0.15) is 0 Å². The molecule has 0 radical (unpaired) electrons. The van der Waals surface area contributed by atoms with Crippen LogP contribution in [-0.2, 0) is 11.2 Å². The van der Waals surface area contributed by atoms with Gasteiger partial charge < -0.3 is 14.6 Å². The van der Waals surface area contributed by atoms with Crippen LogP contribution in [0.1, 0.15) is 40.7 Å². The van der Waals surface area contributed by atoms with E-state index in [0.29, 0.717) is 36.7 Å². The smallest absolute Gasteiger partial charge is 0.291 e. The summed E-state index contributed by atoms with van der Waals surface area (Å²) < 4.78 is 7.67. The average Bonchev–Trinajstić information content (AvgIpc) is 3.55. The minimum Gasteiger partial charge on any atom is -0.451 e. The number of likely N-dealkylation sites (tertiary alicyclic amines) is 1. The highest BCUT2D eigenvalue weighted by Crippen LogP contribution is 2.27. The molecule has 2 aromatic carbocycles. The Morgan fingerprint density at radius 2 is 1.72 bits per heavy atom. The molecule has 8 nitrogen and oxygen atoms in total. The Labute approximate surface area is 207 Å². The van der Waals surface area contributed by atoms with E-state index >= 15 is 0 Å². The van der Waals surface area contributed by atoms with Crippen molar-refractivity contribution in [2.75, 3.05) is 18.4 Å². The molecule has 3 aromatic heterocycles. The largest absolute Gasteiger partial charge is 0.451 e. The topological polar surface area (TPSA) is 92.7 Å². The van der Waals surface area contributed by atoms with Gasteiger partial charge in [0.1, 0.15) is 11.4 Å². The molecule has 8 heteroatoms. The highest BCUT2D eigenvalue weighted by atomic mass is 16.3. The summed E-state index contributed by atoms with van der Waals surface area (Å²) in [5, 5.41) is 12.4. The molecule has 0 bridgehead atoms. The lowest BCUT2D eigenvalue weighted by Crippen LogP contribution is -2.39.